The van der Waals surface area contributed by atoms with E-state index in [0.717, 1.165) is 0 Å². The lowest BCUT2D eigenvalue weighted by Gasteiger charge is -1.96. The molecule has 0 aliphatic rings. The largest absolute Gasteiger partial charge is 0.480 e. The Bertz CT molecular complexity index is 74.6. The second kappa shape index (κ2) is 7.31. The summed E-state index contributed by atoms with van der Waals surface area (Å²) in [5, 5.41) is 27.9. The zero-order chi connectivity index (χ0) is 7.86. The second-order valence-electron chi connectivity index (χ2n) is 1.13. The van der Waals surface area contributed by atoms with Crippen LogP contribution in [0.15, 0.2) is 0 Å². The molecule has 6 N–H and O–H groups in total. The Labute approximate surface area is 51.1 Å². The van der Waals surface area contributed by atoms with Gasteiger partial charge in [0.25, 0.3) is 0 Å². The Morgan fingerprint density at radius 1 is 1.56 bits per heavy atom. The van der Waals surface area contributed by atoms with Crippen molar-refractivity contribution in [1.29, 1.82) is 0 Å². The average Bonchev–Trinajstić information content (AvgIpc) is 1.91. The monoisotopic (exact) mass is 139 g/mol. The molecule has 0 saturated heterocycles. The number of carboxylic acids is 1. The number of nitrogens with two attached hydrogens (primary N) is 1. The minimum absolute atomic E-state index is 0.505. The van der Waals surface area contributed by atoms with Crippen molar-refractivity contribution >= 4 is 5.97 Å². The summed E-state index contributed by atoms with van der Waals surface area (Å²) >= 11 is 0. The first-order chi connectivity index (χ1) is 4.18. The Morgan fingerprint density at radius 3 is 1.89 bits per heavy atom. The molecule has 0 aliphatic carbocycles. The number of carbonyl (C=O) groups is 1. The van der Waals surface area contributed by atoms with E-state index in [4.69, 9.17) is 26.5 Å². The normalized spacial score (nSPS) is 11.1. The van der Waals surface area contributed by atoms with Gasteiger partial charge in [0.05, 0.1) is 6.61 Å². The molecule has 0 rings (SSSR count). The lowest BCUT2D eigenvalue weighted by atomic mass is 10.3. The Kier molecular flexibility index (Phi) is 9.06. The lowest BCUT2D eigenvalue weighted by Crippen LogP contribution is -2.33. The van der Waals surface area contributed by atoms with Crippen LogP contribution >= 0.6 is 0 Å². The van der Waals surface area contributed by atoms with E-state index in [-0.39, 0.29) is 0 Å². The summed E-state index contributed by atoms with van der Waals surface area (Å²) < 4.78 is 0. The van der Waals surface area contributed by atoms with Crippen molar-refractivity contribution in [3.63, 3.8) is 0 Å². The number of aliphatic hydroxyl groups excluding tert-OH is 1. The standard InChI is InChI=1S/C3H7NO3.H2O2/c4-2(1-5)3(6)7;1-2/h2,5H,1,4H2,(H,6,7);1-2H. The molecule has 0 aromatic rings. The maximum absolute atomic E-state index is 9.65. The fourth-order valence-electron chi connectivity index (χ4n) is 0.0781. The van der Waals surface area contributed by atoms with Gasteiger partial charge in [0.2, 0.25) is 0 Å². The number of hydrogen-bond acceptors (Lipinski definition) is 5. The quantitative estimate of drug-likeness (QED) is 0.232. The summed E-state index contributed by atoms with van der Waals surface area (Å²) in [7, 11) is 0. The van der Waals surface area contributed by atoms with Gasteiger partial charge in [0.1, 0.15) is 6.04 Å². The van der Waals surface area contributed by atoms with Crippen LogP contribution in [0, 0.1) is 0 Å². The van der Waals surface area contributed by atoms with E-state index in [1.807, 2.05) is 0 Å². The lowest BCUT2D eigenvalue weighted by molar-refractivity contribution is -0.176. The van der Waals surface area contributed by atoms with Crippen molar-refractivity contribution in [2.24, 2.45) is 5.73 Å². The number of aliphatic hydroxyl groups is 1. The molecule has 6 nitrogen and oxygen atoms in total. The van der Waals surface area contributed by atoms with Crippen LogP contribution in [0.2, 0.25) is 0 Å². The topological polar surface area (TPSA) is 124 Å². The minimum Gasteiger partial charge on any atom is -0.480 e. The molecule has 0 radical (unpaired) electrons. The average molecular weight is 139 g/mol. The smallest absolute Gasteiger partial charge is 0.322 e. The molecule has 0 amide bonds. The van der Waals surface area contributed by atoms with Gasteiger partial charge in [0.15, 0.2) is 0 Å². The SMILES string of the molecule is NC(CO)C(=O)O.OO. The fourth-order valence-corrected chi connectivity index (χ4v) is 0.0781. The van der Waals surface area contributed by atoms with E-state index in [1.54, 1.807) is 0 Å². The van der Waals surface area contributed by atoms with E-state index in [0.29, 0.717) is 0 Å². The molecule has 0 aromatic heterocycles. The van der Waals surface area contributed by atoms with Gasteiger partial charge in [-0.3, -0.25) is 15.3 Å². The summed E-state index contributed by atoms with van der Waals surface area (Å²) in [6, 6.07) is -1.13. The van der Waals surface area contributed by atoms with Crippen molar-refractivity contribution in [2.75, 3.05) is 6.61 Å². The minimum atomic E-state index is -1.18. The zero-order valence-electron chi connectivity index (χ0n) is 4.56. The molecule has 6 heteroatoms. The summed E-state index contributed by atoms with van der Waals surface area (Å²) in [5.41, 5.74) is 4.77. The second-order valence-corrected chi connectivity index (χ2v) is 1.13. The Morgan fingerprint density at radius 2 is 1.89 bits per heavy atom. The zero-order valence-corrected chi connectivity index (χ0v) is 4.56. The molecule has 0 aliphatic heterocycles. The predicted octanol–water partition coefficient (Wildman–Crippen LogP) is -1.59. The Balaban J connectivity index is 0. The maximum atomic E-state index is 9.65. The third kappa shape index (κ3) is 7.31. The van der Waals surface area contributed by atoms with Crippen molar-refractivity contribution < 1.29 is 25.5 Å². The number of rotatable bonds is 2. The van der Waals surface area contributed by atoms with Crippen molar-refractivity contribution in [2.45, 2.75) is 6.04 Å². The Hall–Kier alpha value is -0.690. The van der Waals surface area contributed by atoms with Crippen LogP contribution in [-0.2, 0) is 4.79 Å². The molecule has 0 heterocycles. The van der Waals surface area contributed by atoms with Crippen LogP contribution in [-0.4, -0.2) is 39.3 Å². The van der Waals surface area contributed by atoms with Crippen LogP contribution < -0.4 is 5.73 Å². The highest BCUT2D eigenvalue weighted by Crippen LogP contribution is 1.71. The van der Waals surface area contributed by atoms with Crippen LogP contribution in [0.3, 0.4) is 0 Å². The summed E-state index contributed by atoms with van der Waals surface area (Å²) in [6.45, 7) is -0.505. The van der Waals surface area contributed by atoms with Gasteiger partial charge in [-0.25, -0.2) is 0 Å². The van der Waals surface area contributed by atoms with Gasteiger partial charge in [-0.1, -0.05) is 0 Å². The van der Waals surface area contributed by atoms with E-state index in [2.05, 4.69) is 0 Å². The van der Waals surface area contributed by atoms with E-state index in [9.17, 15) is 4.79 Å². The predicted molar refractivity (Wildman–Crippen MR) is 28.0 cm³/mol. The van der Waals surface area contributed by atoms with Crippen LogP contribution in [0.25, 0.3) is 0 Å². The van der Waals surface area contributed by atoms with Gasteiger partial charge in [0, 0.05) is 0 Å². The molecular weight excluding hydrogens is 130 g/mol. The molecule has 56 valence electrons. The van der Waals surface area contributed by atoms with E-state index in [1.165, 1.54) is 0 Å². The molecule has 0 saturated carbocycles. The first kappa shape index (κ1) is 11.2. The van der Waals surface area contributed by atoms with Gasteiger partial charge in [-0.05, 0) is 0 Å². The maximum Gasteiger partial charge on any atom is 0.322 e. The van der Waals surface area contributed by atoms with Gasteiger partial charge < -0.3 is 15.9 Å². The van der Waals surface area contributed by atoms with E-state index < -0.39 is 18.6 Å². The molecule has 0 fully saturated rings. The number of aliphatic carboxylic acids is 1. The molecule has 0 spiro atoms. The molecular formula is C3H9NO5. The van der Waals surface area contributed by atoms with Crippen molar-refractivity contribution in [1.82, 2.24) is 0 Å². The number of hydrogen-bond donors (Lipinski definition) is 5. The van der Waals surface area contributed by atoms with Crippen molar-refractivity contribution in [3.05, 3.63) is 0 Å². The highest BCUT2D eigenvalue weighted by molar-refractivity contribution is 5.73. The summed E-state index contributed by atoms with van der Waals surface area (Å²) in [4.78, 5) is 9.65. The first-order valence-electron chi connectivity index (χ1n) is 1.97. The highest BCUT2D eigenvalue weighted by atomic mass is 17.0. The summed E-state index contributed by atoms with van der Waals surface area (Å²) in [6.07, 6.45) is 0. The van der Waals surface area contributed by atoms with Gasteiger partial charge >= 0.3 is 5.97 Å². The molecule has 1 unspecified atom stereocenters. The molecule has 0 aromatic carbocycles. The first-order valence-corrected chi connectivity index (χ1v) is 1.97. The van der Waals surface area contributed by atoms with Crippen molar-refractivity contribution in [3.8, 4) is 0 Å². The fraction of sp³-hybridized carbons (Fsp3) is 0.667. The third-order valence-electron chi connectivity index (χ3n) is 0.514. The molecule has 9 heavy (non-hydrogen) atoms. The van der Waals surface area contributed by atoms with Crippen LogP contribution in [0.4, 0.5) is 0 Å². The summed E-state index contributed by atoms with van der Waals surface area (Å²) in [5.74, 6) is -1.18. The van der Waals surface area contributed by atoms with Gasteiger partial charge in [-0.15, -0.1) is 0 Å². The highest BCUT2D eigenvalue weighted by Gasteiger charge is 2.06. The van der Waals surface area contributed by atoms with Crippen LogP contribution in [0.1, 0.15) is 0 Å². The van der Waals surface area contributed by atoms with Crippen LogP contribution in [0.5, 0.6) is 0 Å². The van der Waals surface area contributed by atoms with Gasteiger partial charge in [-0.2, -0.15) is 0 Å². The molecule has 1 atom stereocenters. The van der Waals surface area contributed by atoms with E-state index >= 15 is 0 Å². The number of carboxylic acid groups (broad SMARTS) is 1. The third-order valence-corrected chi connectivity index (χ3v) is 0.514. The molecule has 0 bridgehead atoms.